The number of hydrogen-bond donors (Lipinski definition) is 1. The summed E-state index contributed by atoms with van der Waals surface area (Å²) in [5.41, 5.74) is 3.07. The van der Waals surface area contributed by atoms with Gasteiger partial charge in [0, 0.05) is 10.2 Å². The SMILES string of the molecule is COc1ccc(NC(=O)/C(C#N)=C/c2ccc(Cc3cccc(F)c3)c(Br)c2)cc1. The predicted octanol–water partition coefficient (Wildman–Crippen LogP) is 5.73. The van der Waals surface area contributed by atoms with Gasteiger partial charge in [-0.25, -0.2) is 4.39 Å². The van der Waals surface area contributed by atoms with Gasteiger partial charge in [-0.1, -0.05) is 40.2 Å². The van der Waals surface area contributed by atoms with Crippen LogP contribution in [0.2, 0.25) is 0 Å². The number of carbonyl (C=O) groups is 1. The van der Waals surface area contributed by atoms with Gasteiger partial charge >= 0.3 is 0 Å². The van der Waals surface area contributed by atoms with Gasteiger partial charge in [0.2, 0.25) is 0 Å². The Morgan fingerprint density at radius 2 is 1.93 bits per heavy atom. The molecule has 3 aromatic rings. The highest BCUT2D eigenvalue weighted by molar-refractivity contribution is 9.10. The van der Waals surface area contributed by atoms with Crippen LogP contribution in [0.25, 0.3) is 6.08 Å². The van der Waals surface area contributed by atoms with Crippen molar-refractivity contribution in [3.05, 3.63) is 99.3 Å². The molecule has 3 rings (SSSR count). The largest absolute Gasteiger partial charge is 0.497 e. The van der Waals surface area contributed by atoms with Crippen molar-refractivity contribution in [2.24, 2.45) is 0 Å². The predicted molar refractivity (Wildman–Crippen MR) is 119 cm³/mol. The van der Waals surface area contributed by atoms with Gasteiger partial charge in [0.1, 0.15) is 23.2 Å². The number of carbonyl (C=O) groups excluding carboxylic acids is 1. The van der Waals surface area contributed by atoms with E-state index >= 15 is 0 Å². The molecule has 0 aliphatic heterocycles. The Balaban J connectivity index is 1.75. The van der Waals surface area contributed by atoms with E-state index in [1.165, 1.54) is 18.2 Å². The van der Waals surface area contributed by atoms with Crippen LogP contribution in [0.15, 0.2) is 76.8 Å². The zero-order valence-corrected chi connectivity index (χ0v) is 17.7. The van der Waals surface area contributed by atoms with Crippen LogP contribution in [-0.2, 0) is 11.2 Å². The number of nitrogens with zero attached hydrogens (tertiary/aromatic N) is 1. The lowest BCUT2D eigenvalue weighted by atomic mass is 10.0. The lowest BCUT2D eigenvalue weighted by Gasteiger charge is -2.08. The summed E-state index contributed by atoms with van der Waals surface area (Å²) in [6, 6.07) is 20.8. The van der Waals surface area contributed by atoms with Gasteiger partial charge in [-0.15, -0.1) is 0 Å². The Hall–Kier alpha value is -3.43. The highest BCUT2D eigenvalue weighted by Crippen LogP contribution is 2.24. The van der Waals surface area contributed by atoms with E-state index in [2.05, 4.69) is 21.2 Å². The van der Waals surface area contributed by atoms with Crippen molar-refractivity contribution in [1.82, 2.24) is 0 Å². The van der Waals surface area contributed by atoms with E-state index in [1.54, 1.807) is 37.4 Å². The maximum atomic E-state index is 13.4. The lowest BCUT2D eigenvalue weighted by Crippen LogP contribution is -2.13. The maximum Gasteiger partial charge on any atom is 0.266 e. The molecule has 1 N–H and O–H groups in total. The van der Waals surface area contributed by atoms with Crippen LogP contribution in [0, 0.1) is 17.1 Å². The lowest BCUT2D eigenvalue weighted by molar-refractivity contribution is -0.112. The Bertz CT molecular complexity index is 1130. The van der Waals surface area contributed by atoms with Crippen molar-refractivity contribution in [2.75, 3.05) is 12.4 Å². The number of nitrogens with one attached hydrogen (secondary N) is 1. The first-order valence-electron chi connectivity index (χ1n) is 9.08. The van der Waals surface area contributed by atoms with Crippen molar-refractivity contribution in [3.63, 3.8) is 0 Å². The van der Waals surface area contributed by atoms with E-state index in [0.29, 0.717) is 23.4 Å². The fourth-order valence-corrected chi connectivity index (χ4v) is 3.39. The molecule has 0 fully saturated rings. The molecule has 0 bridgehead atoms. The number of benzene rings is 3. The summed E-state index contributed by atoms with van der Waals surface area (Å²) in [6.45, 7) is 0. The van der Waals surface area contributed by atoms with E-state index in [-0.39, 0.29) is 11.4 Å². The molecule has 150 valence electrons. The van der Waals surface area contributed by atoms with Crippen molar-refractivity contribution >= 4 is 33.6 Å². The normalized spacial score (nSPS) is 10.9. The highest BCUT2D eigenvalue weighted by Gasteiger charge is 2.11. The van der Waals surface area contributed by atoms with E-state index in [4.69, 9.17) is 4.74 Å². The minimum Gasteiger partial charge on any atom is -0.497 e. The molecular weight excluding hydrogens is 447 g/mol. The number of nitriles is 1. The topological polar surface area (TPSA) is 62.1 Å². The first kappa shape index (κ1) is 21.3. The van der Waals surface area contributed by atoms with E-state index in [1.807, 2.05) is 30.3 Å². The van der Waals surface area contributed by atoms with Gasteiger partial charge in [-0.2, -0.15) is 5.26 Å². The molecule has 4 nitrogen and oxygen atoms in total. The molecule has 0 unspecified atom stereocenters. The van der Waals surface area contributed by atoms with E-state index in [0.717, 1.165) is 15.6 Å². The van der Waals surface area contributed by atoms with Crippen LogP contribution in [0.3, 0.4) is 0 Å². The summed E-state index contributed by atoms with van der Waals surface area (Å²) in [7, 11) is 1.56. The highest BCUT2D eigenvalue weighted by atomic mass is 79.9. The standard InChI is InChI=1S/C24H18BrFN2O2/c1-30-22-9-7-21(8-10-22)28-24(29)19(15-27)12-17-5-6-18(23(25)14-17)11-16-3-2-4-20(26)13-16/h2-10,12-14H,11H2,1H3,(H,28,29)/b19-12+. The first-order chi connectivity index (χ1) is 14.5. The number of anilines is 1. The second-order valence-electron chi connectivity index (χ2n) is 6.51. The zero-order valence-electron chi connectivity index (χ0n) is 16.2. The third-order valence-electron chi connectivity index (χ3n) is 4.38. The number of methoxy groups -OCH3 is 1. The second-order valence-corrected chi connectivity index (χ2v) is 7.36. The minimum absolute atomic E-state index is 0.0180. The van der Waals surface area contributed by atoms with Crippen molar-refractivity contribution in [1.29, 1.82) is 5.26 Å². The summed E-state index contributed by atoms with van der Waals surface area (Å²) in [5.74, 6) is -0.0976. The minimum atomic E-state index is -0.498. The average molecular weight is 465 g/mol. The summed E-state index contributed by atoms with van der Waals surface area (Å²) in [6.07, 6.45) is 2.08. The Labute approximate surface area is 182 Å². The van der Waals surface area contributed by atoms with Crippen LogP contribution in [-0.4, -0.2) is 13.0 Å². The number of amides is 1. The number of rotatable bonds is 6. The monoisotopic (exact) mass is 464 g/mol. The molecule has 0 aromatic heterocycles. The molecule has 0 saturated heterocycles. The molecule has 0 saturated carbocycles. The molecular formula is C24H18BrFN2O2. The molecule has 3 aromatic carbocycles. The zero-order chi connectivity index (χ0) is 21.5. The molecule has 0 atom stereocenters. The van der Waals surface area contributed by atoms with E-state index < -0.39 is 5.91 Å². The van der Waals surface area contributed by atoms with Crippen LogP contribution in [0.1, 0.15) is 16.7 Å². The molecule has 0 radical (unpaired) electrons. The van der Waals surface area contributed by atoms with Crippen LogP contribution < -0.4 is 10.1 Å². The fourth-order valence-electron chi connectivity index (χ4n) is 2.85. The molecule has 0 heterocycles. The van der Waals surface area contributed by atoms with E-state index in [9.17, 15) is 14.4 Å². The second kappa shape index (κ2) is 9.86. The third-order valence-corrected chi connectivity index (χ3v) is 5.12. The Kier molecular flexibility index (Phi) is 6.99. The maximum absolute atomic E-state index is 13.4. The Morgan fingerprint density at radius 1 is 1.17 bits per heavy atom. The van der Waals surface area contributed by atoms with Gasteiger partial charge < -0.3 is 10.1 Å². The summed E-state index contributed by atoms with van der Waals surface area (Å²) < 4.78 is 19.3. The van der Waals surface area contributed by atoms with Gasteiger partial charge in [0.15, 0.2) is 0 Å². The van der Waals surface area contributed by atoms with Crippen LogP contribution in [0.4, 0.5) is 10.1 Å². The van der Waals surface area contributed by atoms with Crippen molar-refractivity contribution in [3.8, 4) is 11.8 Å². The summed E-state index contributed by atoms with van der Waals surface area (Å²) >= 11 is 3.52. The fraction of sp³-hybridized carbons (Fsp3) is 0.0833. The van der Waals surface area contributed by atoms with Gasteiger partial charge in [0.05, 0.1) is 7.11 Å². The van der Waals surface area contributed by atoms with Gasteiger partial charge in [0.25, 0.3) is 5.91 Å². The smallest absolute Gasteiger partial charge is 0.266 e. The van der Waals surface area contributed by atoms with Gasteiger partial charge in [-0.05, 0) is 71.7 Å². The molecule has 30 heavy (non-hydrogen) atoms. The molecule has 0 spiro atoms. The van der Waals surface area contributed by atoms with Crippen LogP contribution >= 0.6 is 15.9 Å². The van der Waals surface area contributed by atoms with Crippen molar-refractivity contribution in [2.45, 2.75) is 6.42 Å². The van der Waals surface area contributed by atoms with Gasteiger partial charge in [-0.3, -0.25) is 4.79 Å². The first-order valence-corrected chi connectivity index (χ1v) is 9.88. The summed E-state index contributed by atoms with van der Waals surface area (Å²) in [5, 5.41) is 12.1. The average Bonchev–Trinajstić information content (AvgIpc) is 2.74. The van der Waals surface area contributed by atoms with Crippen molar-refractivity contribution < 1.29 is 13.9 Å². The molecule has 0 aliphatic carbocycles. The molecule has 1 amide bonds. The number of ether oxygens (including phenoxy) is 1. The quantitative estimate of drug-likeness (QED) is 0.374. The number of hydrogen-bond acceptors (Lipinski definition) is 3. The number of halogens is 2. The summed E-state index contributed by atoms with van der Waals surface area (Å²) in [4.78, 5) is 12.4. The Morgan fingerprint density at radius 3 is 2.57 bits per heavy atom. The third kappa shape index (κ3) is 5.56. The molecule has 6 heteroatoms. The molecule has 0 aliphatic rings. The van der Waals surface area contributed by atoms with Crippen LogP contribution in [0.5, 0.6) is 5.75 Å².